The minimum absolute atomic E-state index is 0.00771. The van der Waals surface area contributed by atoms with E-state index in [1.54, 1.807) is 11.0 Å². The van der Waals surface area contributed by atoms with E-state index >= 15 is 0 Å². The molecular formula is C26H26N2O3. The van der Waals surface area contributed by atoms with E-state index < -0.39 is 5.92 Å². The van der Waals surface area contributed by atoms with Crippen LogP contribution in [0, 0.1) is 5.92 Å². The summed E-state index contributed by atoms with van der Waals surface area (Å²) in [5, 5.41) is 3.03. The van der Waals surface area contributed by atoms with E-state index in [1.807, 2.05) is 72.8 Å². The molecule has 0 fully saturated rings. The average molecular weight is 415 g/mol. The van der Waals surface area contributed by atoms with E-state index in [0.717, 1.165) is 16.8 Å². The van der Waals surface area contributed by atoms with Gasteiger partial charge in [0.2, 0.25) is 5.91 Å². The van der Waals surface area contributed by atoms with Gasteiger partial charge in [0.1, 0.15) is 5.75 Å². The Hall–Kier alpha value is -3.60. The van der Waals surface area contributed by atoms with Gasteiger partial charge in [-0.1, -0.05) is 74.5 Å². The van der Waals surface area contributed by atoms with E-state index in [4.69, 9.17) is 4.74 Å². The molecule has 0 aliphatic carbocycles. The Bertz CT molecular complexity index is 1030. The predicted molar refractivity (Wildman–Crippen MR) is 122 cm³/mol. The SMILES string of the molecule is CC(C)CN1C(=O)COc2cc(NC(=O)C(c3ccccc3)c3ccccc3)ccc21. The summed E-state index contributed by atoms with van der Waals surface area (Å²) in [6, 6.07) is 24.9. The van der Waals surface area contributed by atoms with Gasteiger partial charge in [0, 0.05) is 18.3 Å². The molecule has 31 heavy (non-hydrogen) atoms. The zero-order chi connectivity index (χ0) is 21.8. The Balaban J connectivity index is 1.61. The van der Waals surface area contributed by atoms with Gasteiger partial charge >= 0.3 is 0 Å². The molecule has 1 aliphatic rings. The number of rotatable bonds is 6. The van der Waals surface area contributed by atoms with Crippen molar-refractivity contribution in [3.63, 3.8) is 0 Å². The fourth-order valence-corrected chi connectivity index (χ4v) is 3.85. The molecule has 0 unspecified atom stereocenters. The van der Waals surface area contributed by atoms with Crippen LogP contribution in [0.3, 0.4) is 0 Å². The van der Waals surface area contributed by atoms with Gasteiger partial charge in [0.15, 0.2) is 6.61 Å². The first kappa shape index (κ1) is 20.7. The number of hydrogen-bond acceptors (Lipinski definition) is 3. The van der Waals surface area contributed by atoms with Gasteiger partial charge in [-0.05, 0) is 29.2 Å². The van der Waals surface area contributed by atoms with Crippen molar-refractivity contribution in [2.45, 2.75) is 19.8 Å². The molecule has 0 spiro atoms. The van der Waals surface area contributed by atoms with Crippen molar-refractivity contribution in [3.8, 4) is 5.75 Å². The lowest BCUT2D eigenvalue weighted by atomic mass is 9.90. The molecule has 5 heteroatoms. The molecule has 4 rings (SSSR count). The van der Waals surface area contributed by atoms with Crippen LogP contribution in [0.15, 0.2) is 78.9 Å². The third-order valence-corrected chi connectivity index (χ3v) is 5.25. The number of nitrogens with one attached hydrogen (secondary N) is 1. The molecule has 1 heterocycles. The maximum absolute atomic E-state index is 13.3. The number of carbonyl (C=O) groups is 2. The van der Waals surface area contributed by atoms with Gasteiger partial charge in [-0.15, -0.1) is 0 Å². The van der Waals surface area contributed by atoms with Crippen molar-refractivity contribution >= 4 is 23.2 Å². The first-order chi connectivity index (χ1) is 15.0. The van der Waals surface area contributed by atoms with Crippen LogP contribution in [0.4, 0.5) is 11.4 Å². The van der Waals surface area contributed by atoms with E-state index in [-0.39, 0.29) is 18.4 Å². The molecule has 1 N–H and O–H groups in total. The molecular weight excluding hydrogens is 388 g/mol. The standard InChI is InChI=1S/C26H26N2O3/c1-18(2)16-28-22-14-13-21(15-23(22)31-17-24(28)29)27-26(30)25(19-9-5-3-6-10-19)20-11-7-4-8-12-20/h3-15,18,25H,16-17H2,1-2H3,(H,27,30). The molecule has 0 saturated carbocycles. The number of hydrogen-bond donors (Lipinski definition) is 1. The quantitative estimate of drug-likeness (QED) is 0.628. The fraction of sp³-hybridized carbons (Fsp3) is 0.231. The second-order valence-electron chi connectivity index (χ2n) is 8.11. The third-order valence-electron chi connectivity index (χ3n) is 5.25. The summed E-state index contributed by atoms with van der Waals surface area (Å²) < 4.78 is 5.66. The first-order valence-corrected chi connectivity index (χ1v) is 10.5. The van der Waals surface area contributed by atoms with Gasteiger partial charge in [0.05, 0.1) is 11.6 Å². The van der Waals surface area contributed by atoms with Gasteiger partial charge in [-0.3, -0.25) is 9.59 Å². The number of amides is 2. The average Bonchev–Trinajstić information content (AvgIpc) is 2.77. The molecule has 0 aromatic heterocycles. The fourth-order valence-electron chi connectivity index (χ4n) is 3.85. The Morgan fingerprint density at radius 3 is 2.16 bits per heavy atom. The zero-order valence-electron chi connectivity index (χ0n) is 17.7. The Labute approximate surface area is 182 Å². The predicted octanol–water partition coefficient (Wildman–Crippen LogP) is 4.84. The highest BCUT2D eigenvalue weighted by molar-refractivity contribution is 6.00. The van der Waals surface area contributed by atoms with Crippen LogP contribution >= 0.6 is 0 Å². The van der Waals surface area contributed by atoms with Crippen molar-refractivity contribution in [2.24, 2.45) is 5.92 Å². The summed E-state index contributed by atoms with van der Waals surface area (Å²) in [4.78, 5) is 27.4. The highest BCUT2D eigenvalue weighted by Gasteiger charge is 2.27. The molecule has 3 aromatic rings. The third kappa shape index (κ3) is 4.61. The van der Waals surface area contributed by atoms with Gasteiger partial charge < -0.3 is 15.0 Å². The summed E-state index contributed by atoms with van der Waals surface area (Å²) in [7, 11) is 0. The summed E-state index contributed by atoms with van der Waals surface area (Å²) in [5.74, 6) is 0.341. The largest absolute Gasteiger partial charge is 0.481 e. The molecule has 3 aromatic carbocycles. The van der Waals surface area contributed by atoms with Crippen LogP contribution in [0.25, 0.3) is 0 Å². The Morgan fingerprint density at radius 1 is 0.968 bits per heavy atom. The molecule has 2 amide bonds. The highest BCUT2D eigenvalue weighted by Crippen LogP contribution is 2.35. The molecule has 0 atom stereocenters. The molecule has 158 valence electrons. The highest BCUT2D eigenvalue weighted by atomic mass is 16.5. The van der Waals surface area contributed by atoms with Gasteiger partial charge in [0.25, 0.3) is 5.91 Å². The van der Waals surface area contributed by atoms with Crippen LogP contribution in [-0.2, 0) is 9.59 Å². The molecule has 5 nitrogen and oxygen atoms in total. The Morgan fingerprint density at radius 2 is 1.58 bits per heavy atom. The second kappa shape index (κ2) is 9.04. The van der Waals surface area contributed by atoms with Crippen LogP contribution in [0.5, 0.6) is 5.75 Å². The lowest BCUT2D eigenvalue weighted by Crippen LogP contribution is -2.40. The number of fused-ring (bicyclic) bond motifs is 1. The van der Waals surface area contributed by atoms with Crippen molar-refractivity contribution in [2.75, 3.05) is 23.4 Å². The van der Waals surface area contributed by atoms with E-state index in [2.05, 4.69) is 19.2 Å². The minimum Gasteiger partial charge on any atom is -0.481 e. The van der Waals surface area contributed by atoms with Gasteiger partial charge in [-0.2, -0.15) is 0 Å². The molecule has 0 saturated heterocycles. The van der Waals surface area contributed by atoms with Crippen LogP contribution in [0.2, 0.25) is 0 Å². The summed E-state index contributed by atoms with van der Waals surface area (Å²) in [6.07, 6.45) is 0. The molecule has 0 radical (unpaired) electrons. The lowest BCUT2D eigenvalue weighted by molar-refractivity contribution is -0.121. The van der Waals surface area contributed by atoms with Crippen LogP contribution < -0.4 is 15.0 Å². The number of anilines is 2. The van der Waals surface area contributed by atoms with Gasteiger partial charge in [-0.25, -0.2) is 0 Å². The van der Waals surface area contributed by atoms with E-state index in [1.165, 1.54) is 0 Å². The number of nitrogens with zero attached hydrogens (tertiary/aromatic N) is 1. The van der Waals surface area contributed by atoms with Crippen molar-refractivity contribution in [1.29, 1.82) is 0 Å². The van der Waals surface area contributed by atoms with Crippen molar-refractivity contribution in [1.82, 2.24) is 0 Å². The first-order valence-electron chi connectivity index (χ1n) is 10.5. The number of ether oxygens (including phenoxy) is 1. The zero-order valence-corrected chi connectivity index (χ0v) is 17.7. The minimum atomic E-state index is -0.432. The number of benzene rings is 3. The van der Waals surface area contributed by atoms with Crippen LogP contribution in [-0.4, -0.2) is 25.0 Å². The smallest absolute Gasteiger partial charge is 0.265 e. The molecule has 0 bridgehead atoms. The lowest BCUT2D eigenvalue weighted by Gasteiger charge is -2.31. The maximum atomic E-state index is 13.3. The number of carbonyl (C=O) groups excluding carboxylic acids is 2. The summed E-state index contributed by atoms with van der Waals surface area (Å²) >= 11 is 0. The van der Waals surface area contributed by atoms with E-state index in [9.17, 15) is 9.59 Å². The van der Waals surface area contributed by atoms with E-state index in [0.29, 0.717) is 23.9 Å². The van der Waals surface area contributed by atoms with Crippen molar-refractivity contribution < 1.29 is 14.3 Å². The van der Waals surface area contributed by atoms with Crippen molar-refractivity contribution in [3.05, 3.63) is 90.0 Å². The van der Waals surface area contributed by atoms with Crippen LogP contribution in [0.1, 0.15) is 30.9 Å². The topological polar surface area (TPSA) is 58.6 Å². The normalized spacial score (nSPS) is 13.2. The Kier molecular flexibility index (Phi) is 6.03. The summed E-state index contributed by atoms with van der Waals surface area (Å²) in [5.41, 5.74) is 3.23. The molecule has 1 aliphatic heterocycles. The maximum Gasteiger partial charge on any atom is 0.265 e. The second-order valence-corrected chi connectivity index (χ2v) is 8.11. The summed E-state index contributed by atoms with van der Waals surface area (Å²) in [6.45, 7) is 4.79. The monoisotopic (exact) mass is 414 g/mol.